The molecular formula is C11H14N4O2S2. The summed E-state index contributed by atoms with van der Waals surface area (Å²) < 4.78 is 27.0. The molecule has 3 heterocycles. The van der Waals surface area contributed by atoms with Gasteiger partial charge in [-0.2, -0.15) is 19.3 Å². The van der Waals surface area contributed by atoms with Crippen molar-refractivity contribution in [2.75, 3.05) is 6.54 Å². The highest BCUT2D eigenvalue weighted by molar-refractivity contribution is 7.91. The van der Waals surface area contributed by atoms with Crippen molar-refractivity contribution in [3.63, 3.8) is 0 Å². The van der Waals surface area contributed by atoms with Crippen molar-refractivity contribution in [1.82, 2.24) is 19.3 Å². The Morgan fingerprint density at radius 2 is 2.16 bits per heavy atom. The Kier molecular flexibility index (Phi) is 3.38. The zero-order valence-electron chi connectivity index (χ0n) is 10.2. The van der Waals surface area contributed by atoms with E-state index in [1.165, 1.54) is 11.3 Å². The third-order valence-electron chi connectivity index (χ3n) is 3.22. The minimum Gasteiger partial charge on any atom is -0.206 e. The molecule has 102 valence electrons. The number of nitrogens with zero attached hydrogens (tertiary/aromatic N) is 4. The van der Waals surface area contributed by atoms with Gasteiger partial charge in [0.25, 0.3) is 10.0 Å². The molecule has 1 saturated heterocycles. The Morgan fingerprint density at radius 3 is 2.84 bits per heavy atom. The van der Waals surface area contributed by atoms with Crippen LogP contribution in [0, 0.1) is 0 Å². The van der Waals surface area contributed by atoms with Crippen molar-refractivity contribution in [1.29, 1.82) is 0 Å². The fourth-order valence-electron chi connectivity index (χ4n) is 2.36. The second-order valence-electron chi connectivity index (χ2n) is 4.43. The first-order valence-electron chi connectivity index (χ1n) is 6.07. The Balaban J connectivity index is 1.83. The topological polar surface area (TPSA) is 68.1 Å². The molecule has 2 aromatic rings. The predicted octanol–water partition coefficient (Wildman–Crippen LogP) is 1.19. The minimum absolute atomic E-state index is 0.0560. The molecule has 0 radical (unpaired) electrons. The first kappa shape index (κ1) is 12.8. The van der Waals surface area contributed by atoms with Gasteiger partial charge in [0.15, 0.2) is 0 Å². The van der Waals surface area contributed by atoms with Gasteiger partial charge in [-0.1, -0.05) is 6.07 Å². The van der Waals surface area contributed by atoms with E-state index in [0.717, 1.165) is 12.8 Å². The molecule has 0 aliphatic carbocycles. The van der Waals surface area contributed by atoms with Crippen LogP contribution in [0.2, 0.25) is 0 Å². The Hall–Kier alpha value is -1.25. The van der Waals surface area contributed by atoms with Crippen LogP contribution in [-0.2, 0) is 16.6 Å². The lowest BCUT2D eigenvalue weighted by Crippen LogP contribution is -2.38. The summed E-state index contributed by atoms with van der Waals surface area (Å²) in [6, 6.07) is 3.36. The van der Waals surface area contributed by atoms with Gasteiger partial charge in [0.2, 0.25) is 0 Å². The largest absolute Gasteiger partial charge is 0.252 e. The lowest BCUT2D eigenvalue weighted by Gasteiger charge is -2.22. The molecule has 0 amide bonds. The van der Waals surface area contributed by atoms with Gasteiger partial charge < -0.3 is 0 Å². The molecule has 3 rings (SSSR count). The number of rotatable bonds is 4. The van der Waals surface area contributed by atoms with Crippen LogP contribution in [0.15, 0.2) is 34.1 Å². The summed E-state index contributed by atoms with van der Waals surface area (Å²) in [5.74, 6) is 0. The summed E-state index contributed by atoms with van der Waals surface area (Å²) in [6.07, 6.45) is 4.95. The van der Waals surface area contributed by atoms with Crippen molar-refractivity contribution in [2.24, 2.45) is 0 Å². The first-order chi connectivity index (χ1) is 9.18. The number of sulfonamides is 1. The molecule has 1 aliphatic rings. The molecule has 0 N–H and O–H groups in total. The van der Waals surface area contributed by atoms with Crippen LogP contribution < -0.4 is 0 Å². The molecule has 1 aliphatic heterocycles. The highest BCUT2D eigenvalue weighted by Gasteiger charge is 2.36. The van der Waals surface area contributed by atoms with Crippen LogP contribution in [0.25, 0.3) is 0 Å². The third-order valence-corrected chi connectivity index (χ3v) is 6.55. The molecule has 1 unspecified atom stereocenters. The van der Waals surface area contributed by atoms with E-state index >= 15 is 0 Å². The average Bonchev–Trinajstić information content (AvgIpc) is 3.12. The van der Waals surface area contributed by atoms with Crippen molar-refractivity contribution >= 4 is 21.4 Å². The first-order valence-corrected chi connectivity index (χ1v) is 8.39. The van der Waals surface area contributed by atoms with Gasteiger partial charge in [-0.15, -0.1) is 11.3 Å². The number of thiophene rings is 1. The van der Waals surface area contributed by atoms with Gasteiger partial charge in [-0.3, -0.25) is 0 Å². The van der Waals surface area contributed by atoms with Crippen molar-refractivity contribution in [3.05, 3.63) is 29.9 Å². The molecule has 0 bridgehead atoms. The smallest absolute Gasteiger partial charge is 0.206 e. The zero-order valence-corrected chi connectivity index (χ0v) is 11.8. The lowest BCUT2D eigenvalue weighted by molar-refractivity contribution is 0.326. The number of hydrogen-bond acceptors (Lipinski definition) is 5. The molecule has 1 atom stereocenters. The van der Waals surface area contributed by atoms with Gasteiger partial charge in [0, 0.05) is 12.6 Å². The second-order valence-corrected chi connectivity index (χ2v) is 7.49. The maximum Gasteiger partial charge on any atom is 0.252 e. The molecule has 0 saturated carbocycles. The van der Waals surface area contributed by atoms with Crippen molar-refractivity contribution in [2.45, 2.75) is 29.6 Å². The fraction of sp³-hybridized carbons (Fsp3) is 0.455. The molecular weight excluding hydrogens is 284 g/mol. The molecule has 6 nitrogen and oxygen atoms in total. The fourth-order valence-corrected chi connectivity index (χ4v) is 5.16. The van der Waals surface area contributed by atoms with Gasteiger partial charge in [-0.25, -0.2) is 8.42 Å². The predicted molar refractivity (Wildman–Crippen MR) is 71.3 cm³/mol. The summed E-state index contributed by atoms with van der Waals surface area (Å²) in [5.41, 5.74) is 0. The third kappa shape index (κ3) is 2.43. The quantitative estimate of drug-likeness (QED) is 0.850. The molecule has 1 fully saturated rings. The van der Waals surface area contributed by atoms with E-state index in [9.17, 15) is 8.42 Å². The van der Waals surface area contributed by atoms with Gasteiger partial charge in [-0.05, 0) is 24.3 Å². The second kappa shape index (κ2) is 5.03. The highest BCUT2D eigenvalue weighted by atomic mass is 32.2. The minimum atomic E-state index is -3.36. The Morgan fingerprint density at radius 1 is 1.37 bits per heavy atom. The van der Waals surface area contributed by atoms with E-state index in [1.807, 2.05) is 0 Å². The normalized spacial score (nSPS) is 20.9. The average molecular weight is 298 g/mol. The maximum absolute atomic E-state index is 12.5. The number of hydrogen-bond donors (Lipinski definition) is 0. The van der Waals surface area contributed by atoms with Crippen LogP contribution in [0.1, 0.15) is 12.8 Å². The van der Waals surface area contributed by atoms with E-state index in [0.29, 0.717) is 17.3 Å². The molecule has 0 aromatic carbocycles. The van der Waals surface area contributed by atoms with E-state index in [4.69, 9.17) is 0 Å². The summed E-state index contributed by atoms with van der Waals surface area (Å²) >= 11 is 1.26. The summed E-state index contributed by atoms with van der Waals surface area (Å²) in [5, 5.41) is 9.88. The van der Waals surface area contributed by atoms with Crippen LogP contribution in [-0.4, -0.2) is 40.3 Å². The van der Waals surface area contributed by atoms with Crippen molar-refractivity contribution < 1.29 is 8.42 Å². The molecule has 0 spiro atoms. The standard InChI is InChI=1S/C11H14N4O2S2/c16-19(17,11-4-2-8-18-11)14-7-1-3-10(14)9-15-12-5-6-13-15/h2,4-6,8,10H,1,3,7,9H2. The van der Waals surface area contributed by atoms with E-state index in [2.05, 4.69) is 10.2 Å². The molecule has 8 heteroatoms. The van der Waals surface area contributed by atoms with Gasteiger partial charge in [0.05, 0.1) is 18.9 Å². The Labute approximate surface area is 115 Å². The summed E-state index contributed by atoms with van der Waals surface area (Å²) in [4.78, 5) is 1.55. The van der Waals surface area contributed by atoms with Gasteiger partial charge >= 0.3 is 0 Å². The van der Waals surface area contributed by atoms with Crippen LogP contribution in [0.3, 0.4) is 0 Å². The monoisotopic (exact) mass is 298 g/mol. The van der Waals surface area contributed by atoms with E-state index in [1.54, 1.807) is 39.0 Å². The molecule has 19 heavy (non-hydrogen) atoms. The summed E-state index contributed by atoms with van der Waals surface area (Å²) in [7, 11) is -3.36. The van der Waals surface area contributed by atoms with Crippen LogP contribution >= 0.6 is 11.3 Å². The SMILES string of the molecule is O=S(=O)(c1cccs1)N1CCCC1Cn1nccn1. The van der Waals surface area contributed by atoms with Crippen LogP contribution in [0.4, 0.5) is 0 Å². The highest BCUT2D eigenvalue weighted by Crippen LogP contribution is 2.28. The maximum atomic E-state index is 12.5. The van der Waals surface area contributed by atoms with Crippen LogP contribution in [0.5, 0.6) is 0 Å². The summed E-state index contributed by atoms with van der Waals surface area (Å²) in [6.45, 7) is 1.09. The van der Waals surface area contributed by atoms with Crippen molar-refractivity contribution in [3.8, 4) is 0 Å². The number of aromatic nitrogens is 3. The lowest BCUT2D eigenvalue weighted by atomic mass is 10.2. The van der Waals surface area contributed by atoms with Gasteiger partial charge in [0.1, 0.15) is 4.21 Å². The Bertz CT molecular complexity index is 622. The van der Waals surface area contributed by atoms with E-state index < -0.39 is 10.0 Å². The zero-order chi connectivity index (χ0) is 13.3. The van der Waals surface area contributed by atoms with E-state index in [-0.39, 0.29) is 6.04 Å². The molecule has 2 aromatic heterocycles.